The summed E-state index contributed by atoms with van der Waals surface area (Å²) in [6, 6.07) is 0.394. The van der Waals surface area contributed by atoms with Gasteiger partial charge in [0, 0.05) is 30.1 Å². The van der Waals surface area contributed by atoms with Crippen molar-refractivity contribution in [1.29, 1.82) is 0 Å². The summed E-state index contributed by atoms with van der Waals surface area (Å²) in [5.74, 6) is 0. The number of hydrogen-bond donors (Lipinski definition) is 1. The molecule has 1 heterocycles. The molecule has 19 heavy (non-hydrogen) atoms. The third kappa shape index (κ3) is 3.56. The highest BCUT2D eigenvalue weighted by atomic mass is 32.1. The van der Waals surface area contributed by atoms with E-state index < -0.39 is 0 Å². The molecular formula is C15H26N2OS. The van der Waals surface area contributed by atoms with Gasteiger partial charge < -0.3 is 10.1 Å². The van der Waals surface area contributed by atoms with Crippen LogP contribution in [0.2, 0.25) is 0 Å². The predicted molar refractivity (Wildman–Crippen MR) is 80.8 cm³/mol. The molecule has 4 heteroatoms. The number of hydrogen-bond acceptors (Lipinski definition) is 4. The zero-order valence-corrected chi connectivity index (χ0v) is 13.2. The van der Waals surface area contributed by atoms with Gasteiger partial charge in [0.1, 0.15) is 0 Å². The van der Waals surface area contributed by atoms with Gasteiger partial charge in [-0.15, -0.1) is 11.3 Å². The van der Waals surface area contributed by atoms with Gasteiger partial charge in [-0.3, -0.25) is 0 Å². The fourth-order valence-electron chi connectivity index (χ4n) is 3.22. The van der Waals surface area contributed by atoms with Crippen LogP contribution >= 0.6 is 11.3 Å². The second-order valence-electron chi connectivity index (χ2n) is 5.40. The SMILES string of the molecule is CCNC(Cc1nc(C)cs1)C1(OCC)CCCC1. The predicted octanol–water partition coefficient (Wildman–Crippen LogP) is 3.32. The molecule has 1 fully saturated rings. The first-order valence-electron chi connectivity index (χ1n) is 7.48. The Morgan fingerprint density at radius 2 is 2.16 bits per heavy atom. The Morgan fingerprint density at radius 3 is 2.68 bits per heavy atom. The van der Waals surface area contributed by atoms with Crippen molar-refractivity contribution < 1.29 is 4.74 Å². The molecule has 0 spiro atoms. The average Bonchev–Trinajstić information content (AvgIpc) is 3.00. The fourth-order valence-corrected chi connectivity index (χ4v) is 4.03. The lowest BCUT2D eigenvalue weighted by Gasteiger charge is -2.37. The molecule has 1 saturated carbocycles. The van der Waals surface area contributed by atoms with Crippen LogP contribution in [0.15, 0.2) is 5.38 Å². The second kappa shape index (κ2) is 6.82. The Balaban J connectivity index is 2.12. The number of likely N-dealkylation sites (N-methyl/N-ethyl adjacent to an activating group) is 1. The van der Waals surface area contributed by atoms with Gasteiger partial charge in [0.05, 0.1) is 10.6 Å². The summed E-state index contributed by atoms with van der Waals surface area (Å²) >= 11 is 1.77. The standard InChI is InChI=1S/C15H26N2OS/c1-4-16-13(10-14-17-12(3)11-19-14)15(18-5-2)8-6-7-9-15/h11,13,16H,4-10H2,1-3H3. The highest BCUT2D eigenvalue weighted by molar-refractivity contribution is 7.09. The van der Waals surface area contributed by atoms with E-state index in [2.05, 4.69) is 36.5 Å². The first kappa shape index (κ1) is 14.9. The van der Waals surface area contributed by atoms with E-state index in [1.807, 2.05) is 0 Å². The molecule has 0 aromatic carbocycles. The quantitative estimate of drug-likeness (QED) is 0.833. The van der Waals surface area contributed by atoms with E-state index in [9.17, 15) is 0 Å². The minimum absolute atomic E-state index is 0.0321. The zero-order chi connectivity index (χ0) is 13.7. The van der Waals surface area contributed by atoms with Gasteiger partial charge in [-0.25, -0.2) is 4.98 Å². The Labute approximate surface area is 120 Å². The molecule has 3 nitrogen and oxygen atoms in total. The van der Waals surface area contributed by atoms with Crippen molar-refractivity contribution in [2.24, 2.45) is 0 Å². The van der Waals surface area contributed by atoms with Crippen LogP contribution in [-0.2, 0) is 11.2 Å². The van der Waals surface area contributed by atoms with Crippen LogP contribution in [0, 0.1) is 6.92 Å². The van der Waals surface area contributed by atoms with Gasteiger partial charge in [0.25, 0.3) is 0 Å². The lowest BCUT2D eigenvalue weighted by Crippen LogP contribution is -2.52. The number of aromatic nitrogens is 1. The number of aryl methyl sites for hydroxylation is 1. The third-order valence-corrected chi connectivity index (χ3v) is 5.00. The topological polar surface area (TPSA) is 34.2 Å². The first-order chi connectivity index (χ1) is 9.20. The van der Waals surface area contributed by atoms with E-state index in [4.69, 9.17) is 4.74 Å². The molecule has 2 rings (SSSR count). The molecule has 0 amide bonds. The summed E-state index contributed by atoms with van der Waals surface area (Å²) in [7, 11) is 0. The Hall–Kier alpha value is -0.450. The van der Waals surface area contributed by atoms with E-state index >= 15 is 0 Å². The van der Waals surface area contributed by atoms with Crippen molar-refractivity contribution in [3.63, 3.8) is 0 Å². The van der Waals surface area contributed by atoms with Crippen LogP contribution in [0.4, 0.5) is 0 Å². The van der Waals surface area contributed by atoms with Gasteiger partial charge in [-0.2, -0.15) is 0 Å². The summed E-state index contributed by atoms with van der Waals surface area (Å²) in [5, 5.41) is 7.02. The van der Waals surface area contributed by atoms with Gasteiger partial charge in [-0.05, 0) is 33.2 Å². The summed E-state index contributed by atoms with van der Waals surface area (Å²) in [6.07, 6.45) is 5.94. The van der Waals surface area contributed by atoms with Gasteiger partial charge in [0.15, 0.2) is 0 Å². The molecule has 1 aliphatic carbocycles. The number of thiazole rings is 1. The summed E-state index contributed by atoms with van der Waals surface area (Å²) < 4.78 is 6.20. The Kier molecular flexibility index (Phi) is 5.37. The van der Waals surface area contributed by atoms with E-state index in [0.29, 0.717) is 6.04 Å². The maximum Gasteiger partial charge on any atom is 0.0944 e. The second-order valence-corrected chi connectivity index (χ2v) is 6.34. The van der Waals surface area contributed by atoms with Crippen molar-refractivity contribution >= 4 is 11.3 Å². The van der Waals surface area contributed by atoms with Crippen LogP contribution in [0.1, 0.15) is 50.2 Å². The smallest absolute Gasteiger partial charge is 0.0944 e. The minimum Gasteiger partial charge on any atom is -0.374 e. The van der Waals surface area contributed by atoms with Crippen LogP contribution in [0.5, 0.6) is 0 Å². The molecule has 108 valence electrons. The maximum atomic E-state index is 6.20. The van der Waals surface area contributed by atoms with E-state index in [-0.39, 0.29) is 5.60 Å². The van der Waals surface area contributed by atoms with Crippen LogP contribution in [0.25, 0.3) is 0 Å². The molecule has 1 aromatic rings. The zero-order valence-electron chi connectivity index (χ0n) is 12.4. The van der Waals surface area contributed by atoms with Crippen LogP contribution in [-0.4, -0.2) is 29.8 Å². The number of nitrogens with one attached hydrogen (secondary N) is 1. The van der Waals surface area contributed by atoms with Crippen molar-refractivity contribution in [2.75, 3.05) is 13.2 Å². The fraction of sp³-hybridized carbons (Fsp3) is 0.800. The third-order valence-electron chi connectivity index (χ3n) is 4.01. The highest BCUT2D eigenvalue weighted by Gasteiger charge is 2.42. The number of nitrogens with zero attached hydrogens (tertiary/aromatic N) is 1. The van der Waals surface area contributed by atoms with Crippen LogP contribution in [0.3, 0.4) is 0 Å². The summed E-state index contributed by atoms with van der Waals surface area (Å²) in [5.41, 5.74) is 1.16. The van der Waals surface area contributed by atoms with Gasteiger partial charge in [0.2, 0.25) is 0 Å². The number of rotatable bonds is 7. The van der Waals surface area contributed by atoms with E-state index in [0.717, 1.165) is 25.3 Å². The lowest BCUT2D eigenvalue weighted by molar-refractivity contribution is -0.0609. The largest absolute Gasteiger partial charge is 0.374 e. The van der Waals surface area contributed by atoms with Crippen molar-refractivity contribution in [3.8, 4) is 0 Å². The molecule has 0 radical (unpaired) electrons. The number of ether oxygens (including phenoxy) is 1. The summed E-state index contributed by atoms with van der Waals surface area (Å²) in [4.78, 5) is 4.62. The summed E-state index contributed by atoms with van der Waals surface area (Å²) in [6.45, 7) is 8.14. The Bertz CT molecular complexity index is 385. The van der Waals surface area contributed by atoms with Gasteiger partial charge >= 0.3 is 0 Å². The molecule has 0 bridgehead atoms. The van der Waals surface area contributed by atoms with Crippen molar-refractivity contribution in [2.45, 2.75) is 64.5 Å². The van der Waals surface area contributed by atoms with E-state index in [1.165, 1.54) is 30.7 Å². The normalized spacial score (nSPS) is 19.7. The maximum absolute atomic E-state index is 6.20. The first-order valence-corrected chi connectivity index (χ1v) is 8.36. The molecule has 1 aromatic heterocycles. The highest BCUT2D eigenvalue weighted by Crippen LogP contribution is 2.37. The lowest BCUT2D eigenvalue weighted by atomic mass is 9.89. The molecule has 0 aliphatic heterocycles. The Morgan fingerprint density at radius 1 is 1.42 bits per heavy atom. The molecule has 1 atom stereocenters. The monoisotopic (exact) mass is 282 g/mol. The molecular weight excluding hydrogens is 256 g/mol. The van der Waals surface area contributed by atoms with Crippen molar-refractivity contribution in [3.05, 3.63) is 16.1 Å². The van der Waals surface area contributed by atoms with Crippen LogP contribution < -0.4 is 5.32 Å². The molecule has 1 N–H and O–H groups in total. The van der Waals surface area contributed by atoms with Gasteiger partial charge in [-0.1, -0.05) is 19.8 Å². The minimum atomic E-state index is 0.0321. The molecule has 0 saturated heterocycles. The van der Waals surface area contributed by atoms with Crippen molar-refractivity contribution in [1.82, 2.24) is 10.3 Å². The molecule has 1 unspecified atom stereocenters. The van der Waals surface area contributed by atoms with E-state index in [1.54, 1.807) is 11.3 Å². The molecule has 1 aliphatic rings. The average molecular weight is 282 g/mol.